The second-order valence-electron chi connectivity index (χ2n) is 8.41. The van der Waals surface area contributed by atoms with Crippen molar-refractivity contribution in [2.75, 3.05) is 66.0 Å². The number of amides is 1. The predicted molar refractivity (Wildman–Crippen MR) is 136 cm³/mol. The van der Waals surface area contributed by atoms with E-state index < -0.39 is 6.09 Å². The average Bonchev–Trinajstić information content (AvgIpc) is 3.21. The van der Waals surface area contributed by atoms with Gasteiger partial charge in [0, 0.05) is 25.7 Å². The molecule has 0 spiro atoms. The van der Waals surface area contributed by atoms with Crippen LogP contribution < -0.4 is 5.32 Å². The molecule has 3 rings (SSSR count). The van der Waals surface area contributed by atoms with Crippen LogP contribution in [0, 0.1) is 0 Å². The van der Waals surface area contributed by atoms with Gasteiger partial charge in [-0.2, -0.15) is 0 Å². The Morgan fingerprint density at radius 3 is 1.74 bits per heavy atom. The van der Waals surface area contributed by atoms with Crippen molar-refractivity contribution < 1.29 is 28.5 Å². The fourth-order valence-corrected chi connectivity index (χ4v) is 4.02. The SMILES string of the molecule is CCCCOCCOCCOCCOCCCNC(=O)OCC1c2ccccc2-c2ccccc21. The minimum absolute atomic E-state index is 0.0704. The Morgan fingerprint density at radius 2 is 1.20 bits per heavy atom. The molecule has 192 valence electrons. The number of benzene rings is 2. The highest BCUT2D eigenvalue weighted by Crippen LogP contribution is 2.44. The third-order valence-corrected chi connectivity index (χ3v) is 5.84. The molecule has 0 aromatic heterocycles. The molecule has 0 bridgehead atoms. The molecule has 1 aliphatic rings. The highest BCUT2D eigenvalue weighted by Gasteiger charge is 2.28. The van der Waals surface area contributed by atoms with Gasteiger partial charge in [-0.25, -0.2) is 4.79 Å². The fraction of sp³-hybridized carbons (Fsp3) is 0.536. The molecule has 2 aromatic rings. The van der Waals surface area contributed by atoms with Gasteiger partial charge in [-0.1, -0.05) is 61.9 Å². The summed E-state index contributed by atoms with van der Waals surface area (Å²) < 4.78 is 27.4. The Kier molecular flexibility index (Phi) is 12.6. The summed E-state index contributed by atoms with van der Waals surface area (Å²) in [7, 11) is 0. The maximum atomic E-state index is 12.2. The first-order valence-corrected chi connectivity index (χ1v) is 12.7. The number of carbonyl (C=O) groups excluding carboxylic acids is 1. The molecule has 0 unspecified atom stereocenters. The van der Waals surface area contributed by atoms with E-state index in [9.17, 15) is 4.79 Å². The summed E-state index contributed by atoms with van der Waals surface area (Å²) in [6.07, 6.45) is 2.55. The maximum absolute atomic E-state index is 12.2. The van der Waals surface area contributed by atoms with Gasteiger partial charge in [0.25, 0.3) is 0 Å². The summed E-state index contributed by atoms with van der Waals surface area (Å²) in [6.45, 7) is 7.70. The number of unbranched alkanes of at least 4 members (excludes halogenated alkanes) is 1. The summed E-state index contributed by atoms with van der Waals surface area (Å²) in [5.74, 6) is 0.0704. The lowest BCUT2D eigenvalue weighted by Gasteiger charge is -2.14. The summed E-state index contributed by atoms with van der Waals surface area (Å²) in [4.78, 5) is 12.2. The van der Waals surface area contributed by atoms with E-state index >= 15 is 0 Å². The maximum Gasteiger partial charge on any atom is 0.407 e. The quantitative estimate of drug-likeness (QED) is 0.306. The minimum Gasteiger partial charge on any atom is -0.449 e. The average molecular weight is 486 g/mol. The van der Waals surface area contributed by atoms with Gasteiger partial charge >= 0.3 is 6.09 Å². The molecule has 0 heterocycles. The number of rotatable bonds is 18. The lowest BCUT2D eigenvalue weighted by Crippen LogP contribution is -2.27. The van der Waals surface area contributed by atoms with Crippen molar-refractivity contribution in [2.45, 2.75) is 32.1 Å². The molecule has 0 saturated carbocycles. The van der Waals surface area contributed by atoms with Crippen LogP contribution in [0.25, 0.3) is 11.1 Å². The van der Waals surface area contributed by atoms with Crippen molar-refractivity contribution in [3.8, 4) is 11.1 Å². The first kappa shape index (κ1) is 27.1. The second kappa shape index (κ2) is 16.3. The Balaban J connectivity index is 1.16. The van der Waals surface area contributed by atoms with Gasteiger partial charge in [0.15, 0.2) is 0 Å². The second-order valence-corrected chi connectivity index (χ2v) is 8.41. The lowest BCUT2D eigenvalue weighted by atomic mass is 9.98. The van der Waals surface area contributed by atoms with Gasteiger partial charge in [0.05, 0.1) is 39.6 Å². The van der Waals surface area contributed by atoms with Crippen molar-refractivity contribution in [1.82, 2.24) is 5.32 Å². The third kappa shape index (κ3) is 9.26. The van der Waals surface area contributed by atoms with Crippen molar-refractivity contribution in [1.29, 1.82) is 0 Å². The number of nitrogens with one attached hydrogen (secondary N) is 1. The van der Waals surface area contributed by atoms with Crippen LogP contribution in [0.2, 0.25) is 0 Å². The summed E-state index contributed by atoms with van der Waals surface area (Å²) in [5, 5.41) is 2.80. The smallest absolute Gasteiger partial charge is 0.407 e. The van der Waals surface area contributed by atoms with Crippen LogP contribution in [0.1, 0.15) is 43.2 Å². The molecule has 7 nitrogen and oxygen atoms in total. The van der Waals surface area contributed by atoms with Crippen LogP contribution in [0.5, 0.6) is 0 Å². The topological polar surface area (TPSA) is 75.3 Å². The van der Waals surface area contributed by atoms with Crippen molar-refractivity contribution >= 4 is 6.09 Å². The van der Waals surface area contributed by atoms with Crippen molar-refractivity contribution in [3.05, 3.63) is 59.7 Å². The molecule has 35 heavy (non-hydrogen) atoms. The van der Waals surface area contributed by atoms with Crippen LogP contribution in [0.3, 0.4) is 0 Å². The normalized spacial score (nSPS) is 12.4. The Bertz CT molecular complexity index is 829. The van der Waals surface area contributed by atoms with E-state index in [1.54, 1.807) is 0 Å². The molecule has 0 radical (unpaired) electrons. The highest BCUT2D eigenvalue weighted by molar-refractivity contribution is 5.79. The number of ether oxygens (including phenoxy) is 5. The number of alkyl carbamates (subject to hydrolysis) is 1. The molecule has 1 N–H and O–H groups in total. The van der Waals surface area contributed by atoms with E-state index in [4.69, 9.17) is 23.7 Å². The highest BCUT2D eigenvalue weighted by atomic mass is 16.6. The first-order chi connectivity index (χ1) is 17.3. The molecular weight excluding hydrogens is 446 g/mol. The van der Waals surface area contributed by atoms with Gasteiger partial charge in [0.2, 0.25) is 0 Å². The van der Waals surface area contributed by atoms with E-state index in [1.165, 1.54) is 22.3 Å². The summed E-state index contributed by atoms with van der Waals surface area (Å²) in [5.41, 5.74) is 4.86. The summed E-state index contributed by atoms with van der Waals surface area (Å²) in [6, 6.07) is 16.6. The zero-order chi connectivity index (χ0) is 24.6. The molecule has 1 amide bonds. The molecule has 0 fully saturated rings. The van der Waals surface area contributed by atoms with E-state index in [0.717, 1.165) is 19.4 Å². The van der Waals surface area contributed by atoms with Gasteiger partial charge in [0.1, 0.15) is 6.61 Å². The van der Waals surface area contributed by atoms with Crippen LogP contribution in [-0.4, -0.2) is 72.1 Å². The number of hydrogen-bond donors (Lipinski definition) is 1. The van der Waals surface area contributed by atoms with Crippen molar-refractivity contribution in [3.63, 3.8) is 0 Å². The van der Waals surface area contributed by atoms with E-state index in [0.29, 0.717) is 65.8 Å². The van der Waals surface area contributed by atoms with Crippen molar-refractivity contribution in [2.24, 2.45) is 0 Å². The molecular formula is C28H39NO6. The van der Waals surface area contributed by atoms with Crippen LogP contribution in [-0.2, 0) is 23.7 Å². The largest absolute Gasteiger partial charge is 0.449 e. The zero-order valence-electron chi connectivity index (χ0n) is 20.8. The predicted octanol–water partition coefficient (Wildman–Crippen LogP) is 4.78. The van der Waals surface area contributed by atoms with E-state index in [1.807, 2.05) is 24.3 Å². The third-order valence-electron chi connectivity index (χ3n) is 5.84. The summed E-state index contributed by atoms with van der Waals surface area (Å²) >= 11 is 0. The lowest BCUT2D eigenvalue weighted by molar-refractivity contribution is -0.00221. The molecule has 7 heteroatoms. The van der Waals surface area contributed by atoms with E-state index in [2.05, 4.69) is 36.5 Å². The van der Waals surface area contributed by atoms with Gasteiger partial charge < -0.3 is 29.0 Å². The van der Waals surface area contributed by atoms with Gasteiger partial charge in [-0.05, 0) is 35.1 Å². The molecule has 0 atom stereocenters. The first-order valence-electron chi connectivity index (χ1n) is 12.7. The van der Waals surface area contributed by atoms with Gasteiger partial charge in [-0.15, -0.1) is 0 Å². The monoisotopic (exact) mass is 485 g/mol. The fourth-order valence-electron chi connectivity index (χ4n) is 4.02. The standard InChI is InChI=1S/C28H39NO6/c1-2-3-14-31-16-18-33-20-21-34-19-17-32-15-8-13-29-28(30)35-22-27-25-11-6-4-9-23(25)24-10-5-7-12-26(24)27/h4-7,9-12,27H,2-3,8,13-22H2,1H3,(H,29,30). The Morgan fingerprint density at radius 1 is 0.714 bits per heavy atom. The number of hydrogen-bond acceptors (Lipinski definition) is 6. The minimum atomic E-state index is -0.397. The molecule has 0 saturated heterocycles. The van der Waals surface area contributed by atoms with Crippen LogP contribution in [0.15, 0.2) is 48.5 Å². The zero-order valence-corrected chi connectivity index (χ0v) is 20.8. The van der Waals surface area contributed by atoms with Crippen LogP contribution >= 0.6 is 0 Å². The molecule has 0 aliphatic heterocycles. The molecule has 1 aliphatic carbocycles. The number of carbonyl (C=O) groups is 1. The van der Waals surface area contributed by atoms with E-state index in [-0.39, 0.29) is 5.92 Å². The molecule has 2 aromatic carbocycles. The van der Waals surface area contributed by atoms with Gasteiger partial charge in [-0.3, -0.25) is 0 Å². The Hall–Kier alpha value is -2.45. The van der Waals surface area contributed by atoms with Crippen LogP contribution in [0.4, 0.5) is 4.79 Å². The Labute approximate surface area is 209 Å². The number of fused-ring (bicyclic) bond motifs is 3.